The molecule has 0 aromatic carbocycles. The van der Waals surface area contributed by atoms with Crippen molar-refractivity contribution in [2.45, 2.75) is 105 Å². The van der Waals surface area contributed by atoms with Gasteiger partial charge in [0, 0.05) is 6.10 Å². The summed E-state index contributed by atoms with van der Waals surface area (Å²) >= 11 is 0. The second-order valence-corrected chi connectivity index (χ2v) is 15.0. The third-order valence-electron chi connectivity index (χ3n) is 7.04. The molecule has 2 aliphatic carbocycles. The molecule has 0 aromatic rings. The van der Waals surface area contributed by atoms with Crippen LogP contribution in [0.3, 0.4) is 0 Å². The molecule has 26 heavy (non-hydrogen) atoms. The zero-order chi connectivity index (χ0) is 19.5. The quantitative estimate of drug-likeness (QED) is 0.457. The fraction of sp³-hybridized carbons (Fsp3) is 1.00. The van der Waals surface area contributed by atoms with E-state index in [0.717, 1.165) is 41.7 Å². The first-order valence-corrected chi connectivity index (χ1v) is 14.5. The number of hydrogen-bond donors (Lipinski definition) is 0. The molecule has 0 spiro atoms. The lowest BCUT2D eigenvalue weighted by Gasteiger charge is -2.42. The number of ether oxygens (including phenoxy) is 1. The summed E-state index contributed by atoms with van der Waals surface area (Å²) in [5, 5.41) is 0. The van der Waals surface area contributed by atoms with Gasteiger partial charge >= 0.3 is 0 Å². The van der Waals surface area contributed by atoms with E-state index in [1.165, 1.54) is 38.5 Å². The van der Waals surface area contributed by atoms with E-state index < -0.39 is 8.32 Å². The van der Waals surface area contributed by atoms with Gasteiger partial charge in [0.15, 0.2) is 0 Å². The summed E-state index contributed by atoms with van der Waals surface area (Å²) in [6.45, 7) is 19.0. The lowest BCUT2D eigenvalue weighted by Crippen LogP contribution is -2.47. The Morgan fingerprint density at radius 2 is 1.23 bits per heavy atom. The van der Waals surface area contributed by atoms with Crippen LogP contribution in [0.15, 0.2) is 0 Å². The highest BCUT2D eigenvalue weighted by atomic mass is 28.4. The molecule has 0 aliphatic heterocycles. The molecule has 2 nitrogen and oxygen atoms in total. The van der Waals surface area contributed by atoms with E-state index in [0.29, 0.717) is 12.2 Å². The van der Waals surface area contributed by atoms with Crippen LogP contribution in [0.25, 0.3) is 0 Å². The minimum atomic E-state index is -1.80. The predicted molar refractivity (Wildman–Crippen MR) is 115 cm³/mol. The van der Waals surface area contributed by atoms with Gasteiger partial charge in [-0.1, -0.05) is 54.4 Å². The van der Waals surface area contributed by atoms with Crippen molar-refractivity contribution in [3.05, 3.63) is 0 Å². The van der Waals surface area contributed by atoms with Crippen LogP contribution in [-0.4, -0.2) is 26.8 Å². The summed E-state index contributed by atoms with van der Waals surface area (Å²) in [6.07, 6.45) is 9.66. The van der Waals surface area contributed by atoms with E-state index in [1.54, 1.807) is 0 Å². The fourth-order valence-corrected chi connectivity index (χ4v) is 7.08. The molecule has 0 amide bonds. The second kappa shape index (κ2) is 9.56. The van der Waals surface area contributed by atoms with E-state index in [2.05, 4.69) is 54.6 Å². The zero-order valence-corrected chi connectivity index (χ0v) is 19.9. The van der Waals surface area contributed by atoms with Crippen molar-refractivity contribution >= 4 is 8.32 Å². The molecular weight excluding hydrogens is 336 g/mol. The van der Waals surface area contributed by atoms with Crippen molar-refractivity contribution in [1.29, 1.82) is 0 Å². The molecule has 6 unspecified atom stereocenters. The maximum Gasteiger partial charge on any atom is 0.212 e. The van der Waals surface area contributed by atoms with Crippen LogP contribution in [0.1, 0.15) is 80.1 Å². The molecule has 0 N–H and O–H groups in total. The van der Waals surface area contributed by atoms with Gasteiger partial charge in [-0.15, -0.1) is 0 Å². The third kappa shape index (κ3) is 6.34. The molecule has 3 heteroatoms. The molecule has 0 saturated heterocycles. The fourth-order valence-electron chi connectivity index (χ4n) is 5.31. The first-order chi connectivity index (χ1) is 12.1. The smallest absolute Gasteiger partial charge is 0.212 e. The topological polar surface area (TPSA) is 18.5 Å². The standard InChI is InChI=1S/C23H46O2Si/c1-16(2)20-11-9-18(5)13-22(20)24-15-26(7,8)25-23-14-19(6)10-12-21(23)17(3)4/h16-23H,9-15H2,1-8H3. The molecule has 2 rings (SSSR count). The van der Waals surface area contributed by atoms with Crippen molar-refractivity contribution in [2.24, 2.45) is 35.5 Å². The van der Waals surface area contributed by atoms with E-state index >= 15 is 0 Å². The van der Waals surface area contributed by atoms with E-state index in [9.17, 15) is 0 Å². The molecule has 154 valence electrons. The lowest BCUT2D eigenvalue weighted by atomic mass is 9.75. The first kappa shape index (κ1) is 22.4. The highest BCUT2D eigenvalue weighted by Crippen LogP contribution is 2.38. The van der Waals surface area contributed by atoms with Gasteiger partial charge in [-0.2, -0.15) is 0 Å². The second-order valence-electron chi connectivity index (χ2n) is 10.9. The number of rotatable bonds is 7. The Hall–Kier alpha value is 0.137. The molecule has 0 heterocycles. The average Bonchev–Trinajstić information content (AvgIpc) is 2.52. The molecule has 2 fully saturated rings. The molecule has 6 atom stereocenters. The van der Waals surface area contributed by atoms with Crippen LogP contribution in [0.2, 0.25) is 13.1 Å². The Bertz CT molecular complexity index is 420. The Balaban J connectivity index is 1.94. The third-order valence-corrected chi connectivity index (χ3v) is 8.84. The molecule has 2 saturated carbocycles. The minimum absolute atomic E-state index is 0.445. The van der Waals surface area contributed by atoms with Crippen LogP contribution in [-0.2, 0) is 9.16 Å². The predicted octanol–water partition coefficient (Wildman–Crippen LogP) is 6.69. The average molecular weight is 383 g/mol. The SMILES string of the molecule is CC1CCC(C(C)C)C(OC[Si](C)(C)OC2CC(C)CCC2C(C)C)C1. The molecule has 0 radical (unpaired) electrons. The van der Waals surface area contributed by atoms with Crippen molar-refractivity contribution in [2.75, 3.05) is 6.23 Å². The van der Waals surface area contributed by atoms with E-state index in [-0.39, 0.29) is 0 Å². The van der Waals surface area contributed by atoms with Gasteiger partial charge < -0.3 is 9.16 Å². The molecule has 0 bridgehead atoms. The van der Waals surface area contributed by atoms with Crippen molar-refractivity contribution in [3.8, 4) is 0 Å². The van der Waals surface area contributed by atoms with Gasteiger partial charge in [0.1, 0.15) is 0 Å². The Kier molecular flexibility index (Phi) is 8.25. The summed E-state index contributed by atoms with van der Waals surface area (Å²) in [6, 6.07) is 0. The van der Waals surface area contributed by atoms with Crippen molar-refractivity contribution in [3.63, 3.8) is 0 Å². The molecule has 0 aromatic heterocycles. The Morgan fingerprint density at radius 3 is 1.73 bits per heavy atom. The van der Waals surface area contributed by atoms with Crippen LogP contribution >= 0.6 is 0 Å². The van der Waals surface area contributed by atoms with Crippen LogP contribution < -0.4 is 0 Å². The van der Waals surface area contributed by atoms with Gasteiger partial charge in [-0.05, 0) is 74.3 Å². The number of hydrogen-bond acceptors (Lipinski definition) is 2. The monoisotopic (exact) mass is 382 g/mol. The Morgan fingerprint density at radius 1 is 0.769 bits per heavy atom. The maximum atomic E-state index is 6.85. The zero-order valence-electron chi connectivity index (χ0n) is 18.9. The van der Waals surface area contributed by atoms with Crippen molar-refractivity contribution in [1.82, 2.24) is 0 Å². The summed E-state index contributed by atoms with van der Waals surface area (Å²) in [5.41, 5.74) is 0. The van der Waals surface area contributed by atoms with Gasteiger partial charge in [0.2, 0.25) is 8.32 Å². The van der Waals surface area contributed by atoms with Crippen LogP contribution in [0.4, 0.5) is 0 Å². The minimum Gasteiger partial charge on any atom is -0.412 e. The van der Waals surface area contributed by atoms with Crippen LogP contribution in [0, 0.1) is 35.5 Å². The summed E-state index contributed by atoms with van der Waals surface area (Å²) < 4.78 is 13.4. The van der Waals surface area contributed by atoms with Gasteiger partial charge in [-0.3, -0.25) is 0 Å². The largest absolute Gasteiger partial charge is 0.412 e. The van der Waals surface area contributed by atoms with Gasteiger partial charge in [0.25, 0.3) is 0 Å². The summed E-state index contributed by atoms with van der Waals surface area (Å²) in [7, 11) is -1.80. The van der Waals surface area contributed by atoms with E-state index in [4.69, 9.17) is 9.16 Å². The highest BCUT2D eigenvalue weighted by Gasteiger charge is 2.38. The van der Waals surface area contributed by atoms with E-state index in [1.807, 2.05) is 0 Å². The van der Waals surface area contributed by atoms with Crippen molar-refractivity contribution < 1.29 is 9.16 Å². The normalized spacial score (nSPS) is 36.7. The Labute approximate surface area is 164 Å². The van der Waals surface area contributed by atoms with Gasteiger partial charge in [-0.25, -0.2) is 0 Å². The first-order valence-electron chi connectivity index (χ1n) is 11.4. The summed E-state index contributed by atoms with van der Waals surface area (Å²) in [5.74, 6) is 4.53. The maximum absolute atomic E-state index is 6.85. The summed E-state index contributed by atoms with van der Waals surface area (Å²) in [4.78, 5) is 0. The highest BCUT2D eigenvalue weighted by molar-refractivity contribution is 6.71. The molecule has 2 aliphatic rings. The lowest BCUT2D eigenvalue weighted by molar-refractivity contribution is -0.0317. The molecular formula is C23H46O2Si. The van der Waals surface area contributed by atoms with Gasteiger partial charge in [0.05, 0.1) is 12.3 Å². The van der Waals surface area contributed by atoms with Crippen LogP contribution in [0.5, 0.6) is 0 Å².